The number of amides is 1. The molecule has 0 unspecified atom stereocenters. The Kier molecular flexibility index (Phi) is 6.99. The first-order valence-electron chi connectivity index (χ1n) is 11.4. The van der Waals surface area contributed by atoms with Crippen molar-refractivity contribution in [2.45, 2.75) is 12.1 Å². The fourth-order valence-electron chi connectivity index (χ4n) is 4.46. The van der Waals surface area contributed by atoms with E-state index in [4.69, 9.17) is 28.6 Å². The van der Waals surface area contributed by atoms with Crippen LogP contribution in [0.4, 0.5) is 11.4 Å². The van der Waals surface area contributed by atoms with Gasteiger partial charge >= 0.3 is 0 Å². The van der Waals surface area contributed by atoms with Crippen LogP contribution in [0, 0.1) is 0 Å². The molecule has 1 aliphatic rings. The van der Waals surface area contributed by atoms with Gasteiger partial charge in [0, 0.05) is 47.3 Å². The highest BCUT2D eigenvalue weighted by molar-refractivity contribution is 7.80. The number of carbonyl (C=O) groups is 1. The molecular formula is C27H24ClN5O2S. The van der Waals surface area contributed by atoms with E-state index in [9.17, 15) is 4.79 Å². The van der Waals surface area contributed by atoms with Crippen LogP contribution in [-0.4, -0.2) is 34.3 Å². The Balaban J connectivity index is 1.56. The summed E-state index contributed by atoms with van der Waals surface area (Å²) in [5.41, 5.74) is 4.43. The molecule has 0 aliphatic carbocycles. The number of methoxy groups -OCH3 is 1. The smallest absolute Gasteiger partial charge is 0.250 e. The number of nitrogens with one attached hydrogen (secondary N) is 2. The van der Waals surface area contributed by atoms with E-state index < -0.39 is 0 Å². The molecule has 5 rings (SSSR count). The maximum atomic E-state index is 11.9. The summed E-state index contributed by atoms with van der Waals surface area (Å²) in [5, 5.41) is 7.56. The summed E-state index contributed by atoms with van der Waals surface area (Å²) >= 11 is 12.2. The zero-order chi connectivity index (χ0) is 25.1. The van der Waals surface area contributed by atoms with Crippen molar-refractivity contribution in [1.82, 2.24) is 14.9 Å². The van der Waals surface area contributed by atoms with Gasteiger partial charge in [0.05, 0.1) is 11.7 Å². The van der Waals surface area contributed by atoms with Crippen molar-refractivity contribution < 1.29 is 9.53 Å². The van der Waals surface area contributed by atoms with Crippen LogP contribution in [0.15, 0.2) is 91.3 Å². The van der Waals surface area contributed by atoms with Crippen molar-refractivity contribution in [3.8, 4) is 5.69 Å². The van der Waals surface area contributed by atoms with Gasteiger partial charge in [-0.3, -0.25) is 9.78 Å². The van der Waals surface area contributed by atoms with Crippen LogP contribution in [0.1, 0.15) is 23.5 Å². The molecule has 2 N–H and O–H groups in total. The molecule has 1 aliphatic heterocycles. The standard InChI is InChI=1S/C27H24ClN5O2S/c1-35-17-24(34)30-19-10-12-20(13-11-19)33-26(25(31-27(33)36)22-8-2-3-14-29-22)23-9-5-15-32(23)21-7-4-6-18(28)16-21/h2-16,25-26H,17H2,1H3,(H,30,34)(H,31,36)/t25-,26+/m1/s1. The van der Waals surface area contributed by atoms with Crippen molar-refractivity contribution in [1.29, 1.82) is 0 Å². The van der Waals surface area contributed by atoms with Gasteiger partial charge in [0.25, 0.3) is 0 Å². The van der Waals surface area contributed by atoms with Gasteiger partial charge in [0.2, 0.25) is 5.91 Å². The predicted molar refractivity (Wildman–Crippen MR) is 146 cm³/mol. The molecule has 0 radical (unpaired) electrons. The highest BCUT2D eigenvalue weighted by Crippen LogP contribution is 2.42. The minimum atomic E-state index is -0.212. The third-order valence-electron chi connectivity index (χ3n) is 5.97. The minimum absolute atomic E-state index is 0.00377. The van der Waals surface area contributed by atoms with Crippen LogP contribution >= 0.6 is 23.8 Å². The number of halogens is 1. The van der Waals surface area contributed by atoms with Gasteiger partial charge in [-0.15, -0.1) is 0 Å². The van der Waals surface area contributed by atoms with Crippen molar-refractivity contribution in [3.63, 3.8) is 0 Å². The maximum absolute atomic E-state index is 11.9. The molecule has 0 spiro atoms. The number of anilines is 2. The number of benzene rings is 2. The third kappa shape index (κ3) is 4.83. The van der Waals surface area contributed by atoms with Gasteiger partial charge < -0.3 is 24.8 Å². The molecule has 0 bridgehead atoms. The van der Waals surface area contributed by atoms with Crippen LogP contribution in [0.2, 0.25) is 5.02 Å². The summed E-state index contributed by atoms with van der Waals surface area (Å²) in [4.78, 5) is 18.6. The molecular weight excluding hydrogens is 494 g/mol. The predicted octanol–water partition coefficient (Wildman–Crippen LogP) is 5.29. The van der Waals surface area contributed by atoms with E-state index in [2.05, 4.69) is 31.2 Å². The van der Waals surface area contributed by atoms with Gasteiger partial charge in [0.1, 0.15) is 12.6 Å². The van der Waals surface area contributed by atoms with Crippen LogP contribution in [0.25, 0.3) is 5.69 Å². The minimum Gasteiger partial charge on any atom is -0.375 e. The second-order valence-corrected chi connectivity index (χ2v) is 9.13. The van der Waals surface area contributed by atoms with E-state index in [1.54, 1.807) is 6.20 Å². The molecule has 2 aromatic heterocycles. The second-order valence-electron chi connectivity index (χ2n) is 8.31. The Morgan fingerprint density at radius 3 is 2.64 bits per heavy atom. The Morgan fingerprint density at radius 2 is 1.92 bits per heavy atom. The van der Waals surface area contributed by atoms with Gasteiger partial charge in [0.15, 0.2) is 5.11 Å². The van der Waals surface area contributed by atoms with E-state index in [1.165, 1.54) is 7.11 Å². The Labute approximate surface area is 219 Å². The lowest BCUT2D eigenvalue weighted by Gasteiger charge is -2.29. The number of ether oxygens (including phenoxy) is 1. The van der Waals surface area contributed by atoms with Crippen molar-refractivity contribution in [2.24, 2.45) is 0 Å². The average Bonchev–Trinajstić information content (AvgIpc) is 3.49. The molecule has 1 saturated heterocycles. The van der Waals surface area contributed by atoms with Gasteiger partial charge in [-0.05, 0) is 78.9 Å². The monoisotopic (exact) mass is 517 g/mol. The molecule has 1 amide bonds. The third-order valence-corrected chi connectivity index (χ3v) is 6.52. The largest absolute Gasteiger partial charge is 0.375 e. The Bertz CT molecular complexity index is 1380. The first-order valence-corrected chi connectivity index (χ1v) is 12.2. The summed E-state index contributed by atoms with van der Waals surface area (Å²) in [6, 6.07) is 24.9. The van der Waals surface area contributed by atoms with Gasteiger partial charge in [-0.1, -0.05) is 23.7 Å². The van der Waals surface area contributed by atoms with Gasteiger partial charge in [-0.25, -0.2) is 0 Å². The van der Waals surface area contributed by atoms with Crippen LogP contribution in [0.5, 0.6) is 0 Å². The number of hydrogen-bond donors (Lipinski definition) is 2. The van der Waals surface area contributed by atoms with E-state index in [-0.39, 0.29) is 24.6 Å². The van der Waals surface area contributed by atoms with Crippen LogP contribution in [0.3, 0.4) is 0 Å². The molecule has 0 saturated carbocycles. The van der Waals surface area contributed by atoms with Crippen molar-refractivity contribution in [3.05, 3.63) is 108 Å². The van der Waals surface area contributed by atoms with E-state index >= 15 is 0 Å². The lowest BCUT2D eigenvalue weighted by Crippen LogP contribution is -2.30. The molecule has 7 nitrogen and oxygen atoms in total. The van der Waals surface area contributed by atoms with Gasteiger partial charge in [-0.2, -0.15) is 0 Å². The fourth-order valence-corrected chi connectivity index (χ4v) is 4.99. The second kappa shape index (κ2) is 10.5. The van der Waals surface area contributed by atoms with E-state index in [1.807, 2.05) is 79.0 Å². The lowest BCUT2D eigenvalue weighted by atomic mass is 10.0. The number of pyridine rings is 1. The molecule has 2 aromatic carbocycles. The Morgan fingerprint density at radius 1 is 1.08 bits per heavy atom. The SMILES string of the molecule is COCC(=O)Nc1ccc(N2C(=S)N[C@H](c3ccccn3)[C@@H]2c2cccn2-c2cccc(Cl)c2)cc1. The summed E-state index contributed by atoms with van der Waals surface area (Å²) in [7, 11) is 1.49. The van der Waals surface area contributed by atoms with Crippen LogP contribution in [-0.2, 0) is 9.53 Å². The number of carbonyl (C=O) groups excluding carboxylic acids is 1. The number of hydrogen-bond acceptors (Lipinski definition) is 4. The molecule has 1 fully saturated rings. The first-order chi connectivity index (χ1) is 17.5. The maximum Gasteiger partial charge on any atom is 0.250 e. The topological polar surface area (TPSA) is 71.4 Å². The molecule has 9 heteroatoms. The molecule has 2 atom stereocenters. The highest BCUT2D eigenvalue weighted by atomic mass is 35.5. The quantitative estimate of drug-likeness (QED) is 0.325. The van der Waals surface area contributed by atoms with Crippen molar-refractivity contribution >= 4 is 46.2 Å². The van der Waals surface area contributed by atoms with Crippen LogP contribution < -0.4 is 15.5 Å². The van der Waals surface area contributed by atoms with Crippen molar-refractivity contribution in [2.75, 3.05) is 23.9 Å². The van der Waals surface area contributed by atoms with E-state index in [0.29, 0.717) is 15.8 Å². The lowest BCUT2D eigenvalue weighted by molar-refractivity contribution is -0.119. The number of thiocarbonyl (C=S) groups is 1. The Hall–Kier alpha value is -3.72. The number of aromatic nitrogens is 2. The molecule has 3 heterocycles. The first kappa shape index (κ1) is 24.0. The number of rotatable bonds is 7. The summed E-state index contributed by atoms with van der Waals surface area (Å²) in [5.74, 6) is -0.212. The fraction of sp³-hybridized carbons (Fsp3) is 0.148. The zero-order valence-corrected chi connectivity index (χ0v) is 21.0. The molecule has 36 heavy (non-hydrogen) atoms. The highest BCUT2D eigenvalue weighted by Gasteiger charge is 2.42. The molecule has 182 valence electrons. The van der Waals surface area contributed by atoms with E-state index in [0.717, 1.165) is 22.8 Å². The number of nitrogens with zero attached hydrogens (tertiary/aromatic N) is 3. The average molecular weight is 518 g/mol. The molecule has 4 aromatic rings. The summed E-state index contributed by atoms with van der Waals surface area (Å²) in [6.07, 6.45) is 3.80. The zero-order valence-electron chi connectivity index (χ0n) is 19.5. The summed E-state index contributed by atoms with van der Waals surface area (Å²) in [6.45, 7) is -0.00377. The summed E-state index contributed by atoms with van der Waals surface area (Å²) < 4.78 is 7.02. The normalized spacial score (nSPS) is 17.2.